The maximum Gasteiger partial charge on any atom is 0.472 e. The number of unbranched alkanes of at least 4 members (excludes halogenated alkanes) is 15. The molecule has 1 aliphatic carbocycles. The van der Waals surface area contributed by atoms with E-state index >= 15 is 0 Å². The number of aliphatic hydroxyl groups excluding tert-OH is 1. The lowest BCUT2D eigenvalue weighted by molar-refractivity contribution is -0.870. The van der Waals surface area contributed by atoms with Gasteiger partial charge in [-0.05, 0) is 43.8 Å². The third-order valence-corrected chi connectivity index (χ3v) is 11.6. The normalized spacial score (nSPS) is 21.9. The van der Waals surface area contributed by atoms with Crippen LogP contribution < -0.4 is 0 Å². The number of quaternary nitrogens is 1. The summed E-state index contributed by atoms with van der Waals surface area (Å²) in [7, 11) is 1.36. The van der Waals surface area contributed by atoms with Crippen molar-refractivity contribution < 1.29 is 56.7 Å². The first-order valence-corrected chi connectivity index (χ1v) is 23.7. The number of esters is 2. The Bertz CT molecular complexity index is 1250. The van der Waals surface area contributed by atoms with Crippen LogP contribution >= 0.6 is 7.82 Å². The van der Waals surface area contributed by atoms with E-state index in [0.717, 1.165) is 50.5 Å². The third-order valence-electron chi connectivity index (χ3n) is 10.6. The fourth-order valence-corrected chi connectivity index (χ4v) is 7.72. The summed E-state index contributed by atoms with van der Waals surface area (Å²) < 4.78 is 40.0. The summed E-state index contributed by atoms with van der Waals surface area (Å²) in [5, 5.41) is 10.4. The van der Waals surface area contributed by atoms with Crippen molar-refractivity contribution in [1.82, 2.24) is 0 Å². The minimum atomic E-state index is -4.43. The smallest absolute Gasteiger partial charge is 0.462 e. The van der Waals surface area contributed by atoms with Crippen molar-refractivity contribution in [3.8, 4) is 0 Å². The third kappa shape index (κ3) is 25.3. The second-order valence-electron chi connectivity index (χ2n) is 17.1. The van der Waals surface area contributed by atoms with E-state index in [-0.39, 0.29) is 56.4 Å². The fraction of sp³-hybridized carbons (Fsp3) is 0.841. The van der Waals surface area contributed by atoms with Gasteiger partial charge in [-0.2, -0.15) is 0 Å². The highest BCUT2D eigenvalue weighted by molar-refractivity contribution is 7.47. The molecule has 2 N–H and O–H groups in total. The van der Waals surface area contributed by atoms with E-state index in [9.17, 15) is 28.9 Å². The monoisotopic (exact) mass is 829 g/mol. The number of likely N-dealkylation sites (N-methyl/N-ethyl adjacent to an activating group) is 1. The summed E-state index contributed by atoms with van der Waals surface area (Å²) >= 11 is 0. The van der Waals surface area contributed by atoms with Crippen molar-refractivity contribution in [2.24, 2.45) is 5.92 Å². The molecule has 5 unspecified atom stereocenters. The van der Waals surface area contributed by atoms with Gasteiger partial charge in [-0.1, -0.05) is 122 Å². The van der Waals surface area contributed by atoms with Gasteiger partial charge in [-0.25, -0.2) is 4.57 Å². The van der Waals surface area contributed by atoms with Crippen molar-refractivity contribution in [2.45, 2.75) is 186 Å². The van der Waals surface area contributed by atoms with Crippen LogP contribution in [0, 0.1) is 5.92 Å². The van der Waals surface area contributed by atoms with Gasteiger partial charge in [0.05, 0.1) is 40.0 Å². The highest BCUT2D eigenvalue weighted by Gasteiger charge is 2.41. The number of ketones is 1. The molecule has 330 valence electrons. The zero-order valence-electron chi connectivity index (χ0n) is 36.2. The summed E-state index contributed by atoms with van der Waals surface area (Å²) in [6.45, 7) is 4.11. The lowest BCUT2D eigenvalue weighted by Gasteiger charge is -2.24. The molecular formula is C44H79NO11P+. The van der Waals surface area contributed by atoms with Crippen molar-refractivity contribution >= 4 is 25.5 Å². The highest BCUT2D eigenvalue weighted by Crippen LogP contribution is 2.43. The van der Waals surface area contributed by atoms with E-state index in [1.165, 1.54) is 57.8 Å². The number of allylic oxidation sites excluding steroid dienone is 1. The number of Topliss-reactive ketones (excluding diaryl/α,β-unsaturated/α-hetero) is 1. The molecule has 2 rings (SSSR count). The molecule has 2 fully saturated rings. The van der Waals surface area contributed by atoms with Crippen LogP contribution in [0.15, 0.2) is 23.8 Å². The molecular weight excluding hydrogens is 749 g/mol. The number of aliphatic hydroxyl groups is 1. The molecule has 6 atom stereocenters. The van der Waals surface area contributed by atoms with Crippen molar-refractivity contribution in [1.29, 1.82) is 0 Å². The predicted octanol–water partition coefficient (Wildman–Crippen LogP) is 9.10. The quantitative estimate of drug-likeness (QED) is 0.0119. The van der Waals surface area contributed by atoms with Gasteiger partial charge < -0.3 is 28.7 Å². The Labute approximate surface area is 344 Å². The Balaban J connectivity index is 1.71. The average molecular weight is 829 g/mol. The van der Waals surface area contributed by atoms with Gasteiger partial charge in [0.1, 0.15) is 25.9 Å². The number of ether oxygens (including phenoxy) is 3. The number of nitrogens with zero attached hydrogens (tertiary/aromatic N) is 1. The minimum Gasteiger partial charge on any atom is -0.462 e. The molecule has 1 saturated carbocycles. The van der Waals surface area contributed by atoms with E-state index in [4.69, 9.17) is 23.3 Å². The van der Waals surface area contributed by atoms with Crippen LogP contribution in [-0.4, -0.2) is 104 Å². The van der Waals surface area contributed by atoms with Gasteiger partial charge in [-0.15, -0.1) is 0 Å². The van der Waals surface area contributed by atoms with Crippen LogP contribution in [0.5, 0.6) is 0 Å². The van der Waals surface area contributed by atoms with Crippen LogP contribution in [0.4, 0.5) is 0 Å². The summed E-state index contributed by atoms with van der Waals surface area (Å²) in [6, 6.07) is 0. The van der Waals surface area contributed by atoms with Gasteiger partial charge in [0, 0.05) is 25.2 Å². The molecule has 0 aromatic heterocycles. The van der Waals surface area contributed by atoms with Crippen LogP contribution in [0.3, 0.4) is 0 Å². The van der Waals surface area contributed by atoms with E-state index < -0.39 is 38.6 Å². The molecule has 1 saturated heterocycles. The molecule has 2 aliphatic rings. The van der Waals surface area contributed by atoms with Crippen molar-refractivity contribution in [2.75, 3.05) is 47.5 Å². The molecule has 0 aromatic rings. The predicted molar refractivity (Wildman–Crippen MR) is 223 cm³/mol. The molecule has 1 aliphatic heterocycles. The van der Waals surface area contributed by atoms with Crippen molar-refractivity contribution in [3.63, 3.8) is 0 Å². The van der Waals surface area contributed by atoms with E-state index in [0.29, 0.717) is 36.7 Å². The summed E-state index contributed by atoms with van der Waals surface area (Å²) in [4.78, 5) is 48.0. The molecule has 0 radical (unpaired) electrons. The second kappa shape index (κ2) is 29.3. The van der Waals surface area contributed by atoms with Crippen LogP contribution in [-0.2, 0) is 42.2 Å². The standard InChI is InChI=1S/C44H78NO11P/c1-6-8-10-11-12-13-14-15-16-17-18-19-24-28-43(48)52-34-36(35-54-57(50,51)53-31-30-45(3,4)5)55-44(49)29-25-21-20-23-27-41-42(56-41)32-38-37(26-22-9-7-2)39(46)33-40(38)47/h20,23,32,36-37,39,41-42,46H,6-19,21-22,24-31,33-35H2,1-5H3/p+1/b23-20-,38-32+/t36-,37?,39?,41?,42?/m1/s1. The van der Waals surface area contributed by atoms with Crippen LogP contribution in [0.1, 0.15) is 162 Å². The molecule has 13 heteroatoms. The van der Waals surface area contributed by atoms with Gasteiger partial charge >= 0.3 is 19.8 Å². The number of carbonyl (C=O) groups is 3. The van der Waals surface area contributed by atoms with Crippen LogP contribution in [0.2, 0.25) is 0 Å². The van der Waals surface area contributed by atoms with Crippen LogP contribution in [0.25, 0.3) is 0 Å². The second-order valence-corrected chi connectivity index (χ2v) is 18.5. The molecule has 12 nitrogen and oxygen atoms in total. The highest BCUT2D eigenvalue weighted by atomic mass is 31.2. The SMILES string of the molecule is CCCCCCCCCCCCCCCC(=O)OC[C@H](COP(=O)(O)OCC[N+](C)(C)C)OC(=O)CCC/C=C\CC1OC1/C=C1/C(=O)CC(O)C1CCCCC. The molecule has 0 aromatic carbocycles. The van der Waals surface area contributed by atoms with Gasteiger partial charge in [0.15, 0.2) is 11.9 Å². The first-order chi connectivity index (χ1) is 27.2. The topological polar surface area (TPSA) is 158 Å². The van der Waals surface area contributed by atoms with E-state index in [1.54, 1.807) is 0 Å². The summed E-state index contributed by atoms with van der Waals surface area (Å²) in [5.74, 6) is -1.02. The number of carbonyl (C=O) groups excluding carboxylic acids is 3. The zero-order chi connectivity index (χ0) is 41.9. The minimum absolute atomic E-state index is 0.00196. The Morgan fingerprint density at radius 3 is 2.05 bits per heavy atom. The fourth-order valence-electron chi connectivity index (χ4n) is 6.98. The molecule has 0 amide bonds. The maximum atomic E-state index is 12.8. The lowest BCUT2D eigenvalue weighted by atomic mass is 9.93. The Morgan fingerprint density at radius 1 is 0.825 bits per heavy atom. The first kappa shape index (κ1) is 51.2. The molecule has 0 spiro atoms. The maximum absolute atomic E-state index is 12.8. The first-order valence-electron chi connectivity index (χ1n) is 22.3. The largest absolute Gasteiger partial charge is 0.472 e. The van der Waals surface area contributed by atoms with Gasteiger partial charge in [0.25, 0.3) is 0 Å². The zero-order valence-corrected chi connectivity index (χ0v) is 37.1. The van der Waals surface area contributed by atoms with E-state index in [2.05, 4.69) is 13.8 Å². The van der Waals surface area contributed by atoms with Gasteiger partial charge in [0.2, 0.25) is 0 Å². The summed E-state index contributed by atoms with van der Waals surface area (Å²) in [6.07, 6.45) is 26.1. The number of phosphoric ester groups is 1. The van der Waals surface area contributed by atoms with Gasteiger partial charge in [-0.3, -0.25) is 23.4 Å². The van der Waals surface area contributed by atoms with E-state index in [1.807, 2.05) is 39.4 Å². The number of phosphoric acid groups is 1. The lowest BCUT2D eigenvalue weighted by Crippen LogP contribution is -2.37. The Hall–Kier alpha value is -1.92. The average Bonchev–Trinajstić information content (AvgIpc) is 3.84. The molecule has 1 heterocycles. The summed E-state index contributed by atoms with van der Waals surface area (Å²) in [5.41, 5.74) is 0.719. The number of hydrogen-bond acceptors (Lipinski definition) is 10. The Kier molecular flexibility index (Phi) is 26.4. The number of hydrogen-bond donors (Lipinski definition) is 2. The Morgan fingerprint density at radius 2 is 1.42 bits per heavy atom. The van der Waals surface area contributed by atoms with Crippen molar-refractivity contribution in [3.05, 3.63) is 23.8 Å². The molecule has 57 heavy (non-hydrogen) atoms. The number of rotatable bonds is 35. The molecule has 0 bridgehead atoms. The number of epoxide rings is 1.